The van der Waals surface area contributed by atoms with Crippen molar-refractivity contribution < 1.29 is 9.47 Å². The summed E-state index contributed by atoms with van der Waals surface area (Å²) in [5, 5.41) is 0. The molecular formula is C23H28N6O2. The van der Waals surface area contributed by atoms with E-state index in [0.717, 1.165) is 43.4 Å². The molecule has 0 spiro atoms. The molecule has 31 heavy (non-hydrogen) atoms. The van der Waals surface area contributed by atoms with Crippen molar-refractivity contribution in [3.8, 4) is 17.4 Å². The summed E-state index contributed by atoms with van der Waals surface area (Å²) in [6.07, 6.45) is 12.0. The Hall–Kier alpha value is -3.13. The number of imidazole rings is 1. The predicted molar refractivity (Wildman–Crippen MR) is 118 cm³/mol. The van der Waals surface area contributed by atoms with Crippen molar-refractivity contribution >= 4 is 5.82 Å². The normalized spacial score (nSPS) is 18.0. The van der Waals surface area contributed by atoms with Gasteiger partial charge in [-0.3, -0.25) is 4.57 Å². The lowest BCUT2D eigenvalue weighted by molar-refractivity contribution is 0.174. The summed E-state index contributed by atoms with van der Waals surface area (Å²) >= 11 is 0. The van der Waals surface area contributed by atoms with E-state index >= 15 is 0 Å². The highest BCUT2D eigenvalue weighted by molar-refractivity contribution is 5.44. The maximum Gasteiger partial charge on any atom is 0.236 e. The molecule has 1 fully saturated rings. The van der Waals surface area contributed by atoms with E-state index < -0.39 is 0 Å². The first-order valence-corrected chi connectivity index (χ1v) is 10.9. The zero-order valence-corrected chi connectivity index (χ0v) is 17.9. The fourth-order valence-corrected chi connectivity index (χ4v) is 4.40. The third-order valence-electron chi connectivity index (χ3n) is 6.02. The minimum atomic E-state index is 0.317. The molecule has 5 rings (SSSR count). The fraction of sp³-hybridized carbons (Fsp3) is 0.435. The van der Waals surface area contributed by atoms with E-state index in [-0.39, 0.29) is 0 Å². The number of hydrogen-bond acceptors (Lipinski definition) is 7. The molecule has 3 aromatic rings. The number of aromatic nitrogens is 4. The van der Waals surface area contributed by atoms with Crippen LogP contribution in [0.25, 0.3) is 5.95 Å². The summed E-state index contributed by atoms with van der Waals surface area (Å²) in [5.74, 6) is 3.35. The smallest absolute Gasteiger partial charge is 0.236 e. The summed E-state index contributed by atoms with van der Waals surface area (Å²) in [4.78, 5) is 18.2. The van der Waals surface area contributed by atoms with Crippen molar-refractivity contribution in [2.24, 2.45) is 0 Å². The van der Waals surface area contributed by atoms with Crippen LogP contribution in [0.5, 0.6) is 11.5 Å². The maximum atomic E-state index is 5.51. The minimum Gasteiger partial charge on any atom is -0.454 e. The topological polar surface area (TPSA) is 68.5 Å². The number of piperidine rings is 1. The first-order valence-electron chi connectivity index (χ1n) is 10.9. The van der Waals surface area contributed by atoms with Crippen LogP contribution in [0.15, 0.2) is 49.2 Å². The second-order valence-electron chi connectivity index (χ2n) is 8.24. The Morgan fingerprint density at radius 3 is 2.97 bits per heavy atom. The standard InChI is InChI=1S/C23H28N6O2/c1-27(15-18-5-6-20-21(14-18)31-17-30-20)12-8-19-4-2-3-11-29(19)22-7-9-25-23(26-22)28-13-10-24-16-28/h5-7,9-10,13-14,16,19H,2-4,8,11-12,15,17H2,1H3. The Labute approximate surface area is 182 Å². The monoisotopic (exact) mass is 420 g/mol. The van der Waals surface area contributed by atoms with Crippen LogP contribution in [0.2, 0.25) is 0 Å². The van der Waals surface area contributed by atoms with Crippen molar-refractivity contribution in [1.29, 1.82) is 0 Å². The molecule has 1 atom stereocenters. The average molecular weight is 421 g/mol. The Morgan fingerprint density at radius 1 is 1.13 bits per heavy atom. The highest BCUT2D eigenvalue weighted by Gasteiger charge is 2.24. The van der Waals surface area contributed by atoms with Gasteiger partial charge in [-0.2, -0.15) is 4.98 Å². The Balaban J connectivity index is 1.22. The predicted octanol–water partition coefficient (Wildman–Crippen LogP) is 3.27. The van der Waals surface area contributed by atoms with Gasteiger partial charge in [0.15, 0.2) is 11.5 Å². The number of fused-ring (bicyclic) bond motifs is 1. The summed E-state index contributed by atoms with van der Waals surface area (Å²) in [6.45, 7) is 3.27. The summed E-state index contributed by atoms with van der Waals surface area (Å²) in [6, 6.07) is 8.72. The second kappa shape index (κ2) is 8.93. The first-order chi connectivity index (χ1) is 15.3. The van der Waals surface area contributed by atoms with Crippen molar-refractivity contribution in [3.05, 3.63) is 54.7 Å². The number of benzene rings is 1. The zero-order chi connectivity index (χ0) is 21.0. The summed E-state index contributed by atoms with van der Waals surface area (Å²) in [5.41, 5.74) is 1.24. The van der Waals surface area contributed by atoms with Crippen LogP contribution < -0.4 is 14.4 Å². The number of ether oxygens (including phenoxy) is 2. The van der Waals surface area contributed by atoms with Crippen LogP contribution in [-0.4, -0.2) is 57.4 Å². The van der Waals surface area contributed by atoms with Gasteiger partial charge in [0.05, 0.1) is 0 Å². The lowest BCUT2D eigenvalue weighted by atomic mass is 9.99. The van der Waals surface area contributed by atoms with Gasteiger partial charge in [0.25, 0.3) is 0 Å². The lowest BCUT2D eigenvalue weighted by Crippen LogP contribution is -2.42. The minimum absolute atomic E-state index is 0.317. The number of nitrogens with zero attached hydrogens (tertiary/aromatic N) is 6. The third-order valence-corrected chi connectivity index (χ3v) is 6.02. The SMILES string of the molecule is CN(CCC1CCCCN1c1ccnc(-n2ccnc2)n1)Cc1ccc2c(c1)OCO2. The Morgan fingerprint density at radius 2 is 2.06 bits per heavy atom. The molecule has 2 aromatic heterocycles. The maximum absolute atomic E-state index is 5.51. The molecule has 0 bridgehead atoms. The van der Waals surface area contributed by atoms with E-state index in [1.54, 1.807) is 12.5 Å². The summed E-state index contributed by atoms with van der Waals surface area (Å²) in [7, 11) is 2.18. The van der Waals surface area contributed by atoms with E-state index in [4.69, 9.17) is 14.5 Å². The summed E-state index contributed by atoms with van der Waals surface area (Å²) < 4.78 is 12.8. The van der Waals surface area contributed by atoms with Crippen LogP contribution in [0, 0.1) is 0 Å². The van der Waals surface area contributed by atoms with Crippen molar-refractivity contribution in [2.75, 3.05) is 31.8 Å². The van der Waals surface area contributed by atoms with E-state index in [1.807, 2.05) is 29.1 Å². The number of rotatable bonds is 7. The molecule has 0 aliphatic carbocycles. The van der Waals surface area contributed by atoms with Crippen LogP contribution in [-0.2, 0) is 6.54 Å². The van der Waals surface area contributed by atoms with Gasteiger partial charge in [-0.25, -0.2) is 9.97 Å². The third kappa shape index (κ3) is 4.49. The molecule has 8 heteroatoms. The van der Waals surface area contributed by atoms with Gasteiger partial charge in [-0.1, -0.05) is 6.07 Å². The largest absolute Gasteiger partial charge is 0.454 e. The van der Waals surface area contributed by atoms with Crippen LogP contribution in [0.4, 0.5) is 5.82 Å². The first kappa shape index (κ1) is 19.8. The zero-order valence-electron chi connectivity index (χ0n) is 17.9. The number of hydrogen-bond donors (Lipinski definition) is 0. The van der Waals surface area contributed by atoms with Gasteiger partial charge in [0.2, 0.25) is 12.7 Å². The van der Waals surface area contributed by atoms with E-state index in [1.165, 1.54) is 24.8 Å². The van der Waals surface area contributed by atoms with Gasteiger partial charge < -0.3 is 19.3 Å². The van der Waals surface area contributed by atoms with E-state index in [9.17, 15) is 0 Å². The fourth-order valence-electron chi connectivity index (χ4n) is 4.40. The van der Waals surface area contributed by atoms with Crippen molar-refractivity contribution in [1.82, 2.24) is 24.4 Å². The van der Waals surface area contributed by atoms with Crippen LogP contribution >= 0.6 is 0 Å². The lowest BCUT2D eigenvalue weighted by Gasteiger charge is -2.37. The van der Waals surface area contributed by atoms with Gasteiger partial charge in [-0.15, -0.1) is 0 Å². The van der Waals surface area contributed by atoms with E-state index in [0.29, 0.717) is 18.8 Å². The van der Waals surface area contributed by atoms with Crippen molar-refractivity contribution in [2.45, 2.75) is 38.3 Å². The number of anilines is 1. The molecule has 4 heterocycles. The molecule has 1 aromatic carbocycles. The molecule has 0 amide bonds. The molecule has 0 N–H and O–H groups in total. The van der Waals surface area contributed by atoms with E-state index in [2.05, 4.69) is 38.9 Å². The molecule has 1 unspecified atom stereocenters. The molecule has 8 nitrogen and oxygen atoms in total. The van der Waals surface area contributed by atoms with Gasteiger partial charge >= 0.3 is 0 Å². The quantitative estimate of drug-likeness (QED) is 0.581. The average Bonchev–Trinajstić information content (AvgIpc) is 3.50. The van der Waals surface area contributed by atoms with Crippen LogP contribution in [0.1, 0.15) is 31.2 Å². The molecule has 0 saturated carbocycles. The van der Waals surface area contributed by atoms with Crippen molar-refractivity contribution in [3.63, 3.8) is 0 Å². The Kier molecular flexibility index (Phi) is 5.71. The van der Waals surface area contributed by atoms with Gasteiger partial charge in [-0.05, 0) is 56.5 Å². The van der Waals surface area contributed by atoms with Crippen LogP contribution in [0.3, 0.4) is 0 Å². The Bertz CT molecular complexity index is 1010. The molecule has 2 aliphatic rings. The highest BCUT2D eigenvalue weighted by Crippen LogP contribution is 2.33. The van der Waals surface area contributed by atoms with Gasteiger partial charge in [0, 0.05) is 44.3 Å². The molecule has 2 aliphatic heterocycles. The molecule has 1 saturated heterocycles. The molecule has 162 valence electrons. The molecule has 0 radical (unpaired) electrons. The highest BCUT2D eigenvalue weighted by atomic mass is 16.7. The second-order valence-corrected chi connectivity index (χ2v) is 8.24. The molecular weight excluding hydrogens is 392 g/mol. The van der Waals surface area contributed by atoms with Gasteiger partial charge in [0.1, 0.15) is 12.1 Å².